The smallest absolute Gasteiger partial charge is 0.303 e. The molecule has 0 aromatic carbocycles. The van der Waals surface area contributed by atoms with E-state index in [2.05, 4.69) is 6.92 Å². The van der Waals surface area contributed by atoms with Crippen LogP contribution >= 0.6 is 0 Å². The molecule has 0 fully saturated rings. The van der Waals surface area contributed by atoms with Crippen molar-refractivity contribution in [2.45, 2.75) is 123 Å². The van der Waals surface area contributed by atoms with Crippen molar-refractivity contribution in [1.82, 2.24) is 0 Å². The van der Waals surface area contributed by atoms with Crippen LogP contribution in [0.15, 0.2) is 0 Å². The second-order valence-corrected chi connectivity index (χ2v) is 7.82. The molecule has 2 unspecified atom stereocenters. The van der Waals surface area contributed by atoms with Gasteiger partial charge in [-0.05, 0) is 6.42 Å². The van der Waals surface area contributed by atoms with Gasteiger partial charge in [0, 0.05) is 20.3 Å². The van der Waals surface area contributed by atoms with Crippen LogP contribution in [0.4, 0.5) is 0 Å². The highest BCUT2D eigenvalue weighted by Gasteiger charge is 2.32. The third-order valence-electron chi connectivity index (χ3n) is 4.97. The van der Waals surface area contributed by atoms with Gasteiger partial charge in [0.15, 0.2) is 18.0 Å². The Morgan fingerprint density at radius 1 is 0.690 bits per heavy atom. The van der Waals surface area contributed by atoms with Crippen LogP contribution in [-0.4, -0.2) is 41.6 Å². The molecule has 0 aliphatic heterocycles. The van der Waals surface area contributed by atoms with Crippen LogP contribution in [0.3, 0.4) is 0 Å². The average Bonchev–Trinajstić information content (AvgIpc) is 2.67. The first-order valence-corrected chi connectivity index (χ1v) is 11.4. The maximum Gasteiger partial charge on any atom is 0.303 e. The minimum atomic E-state index is -1.24. The van der Waals surface area contributed by atoms with E-state index in [4.69, 9.17) is 9.47 Å². The molecule has 0 amide bonds. The lowest BCUT2D eigenvalue weighted by Crippen LogP contribution is -2.42. The van der Waals surface area contributed by atoms with Crippen molar-refractivity contribution in [2.75, 3.05) is 6.61 Å². The number of ether oxygens (including phenoxy) is 2. The SMILES string of the molecule is CCCCCCCCCCCCCCCC(=O)C(OC(C)=O)C(CO)OC(C)=O. The van der Waals surface area contributed by atoms with Gasteiger partial charge in [-0.3, -0.25) is 14.4 Å². The highest BCUT2D eigenvalue weighted by molar-refractivity contribution is 5.86. The van der Waals surface area contributed by atoms with E-state index in [1.54, 1.807) is 0 Å². The molecule has 0 rings (SSSR count). The molecule has 0 saturated heterocycles. The number of Topliss-reactive ketones (excluding diaryl/α,β-unsaturated/α-hetero) is 1. The number of carbonyl (C=O) groups is 3. The van der Waals surface area contributed by atoms with E-state index >= 15 is 0 Å². The van der Waals surface area contributed by atoms with Gasteiger partial charge in [0.2, 0.25) is 0 Å². The van der Waals surface area contributed by atoms with E-state index in [0.29, 0.717) is 6.42 Å². The van der Waals surface area contributed by atoms with Crippen molar-refractivity contribution in [3.63, 3.8) is 0 Å². The third-order valence-corrected chi connectivity index (χ3v) is 4.97. The molecule has 29 heavy (non-hydrogen) atoms. The quantitative estimate of drug-likeness (QED) is 0.239. The standard InChI is InChI=1S/C23H42O6/c1-4-5-6-7-8-9-10-11-12-13-14-15-16-17-21(27)23(29-20(3)26)22(18-24)28-19(2)25/h22-24H,4-18H2,1-3H3. The molecule has 0 aliphatic carbocycles. The number of unbranched alkanes of at least 4 members (excludes halogenated alkanes) is 12. The summed E-state index contributed by atoms with van der Waals surface area (Å²) >= 11 is 0. The molecule has 0 bridgehead atoms. The molecule has 6 heteroatoms. The Morgan fingerprint density at radius 3 is 1.48 bits per heavy atom. The van der Waals surface area contributed by atoms with E-state index < -0.39 is 30.8 Å². The van der Waals surface area contributed by atoms with E-state index in [-0.39, 0.29) is 12.2 Å². The predicted molar refractivity (Wildman–Crippen MR) is 114 cm³/mol. The Kier molecular flexibility index (Phi) is 17.7. The van der Waals surface area contributed by atoms with Crippen molar-refractivity contribution in [1.29, 1.82) is 0 Å². The molecule has 170 valence electrons. The van der Waals surface area contributed by atoms with E-state index in [9.17, 15) is 19.5 Å². The highest BCUT2D eigenvalue weighted by Crippen LogP contribution is 2.15. The lowest BCUT2D eigenvalue weighted by Gasteiger charge is -2.23. The summed E-state index contributed by atoms with van der Waals surface area (Å²) in [6.07, 6.45) is 13.7. The number of aliphatic hydroxyl groups excluding tert-OH is 1. The topological polar surface area (TPSA) is 89.9 Å². The molecule has 6 nitrogen and oxygen atoms in total. The van der Waals surface area contributed by atoms with Crippen LogP contribution in [0.1, 0.15) is 111 Å². The van der Waals surface area contributed by atoms with Crippen LogP contribution in [0.5, 0.6) is 0 Å². The number of aliphatic hydroxyl groups is 1. The summed E-state index contributed by atoms with van der Waals surface area (Å²) in [5.41, 5.74) is 0. The number of esters is 2. The van der Waals surface area contributed by atoms with E-state index in [1.807, 2.05) is 0 Å². The fourth-order valence-electron chi connectivity index (χ4n) is 3.39. The Bertz CT molecular complexity index is 449. The molecule has 0 aliphatic rings. The molecular formula is C23H42O6. The fourth-order valence-corrected chi connectivity index (χ4v) is 3.39. The summed E-state index contributed by atoms with van der Waals surface area (Å²) in [7, 11) is 0. The first-order valence-electron chi connectivity index (χ1n) is 11.4. The Hall–Kier alpha value is -1.43. The zero-order valence-electron chi connectivity index (χ0n) is 18.7. The number of rotatable bonds is 19. The second kappa shape index (κ2) is 18.6. The van der Waals surface area contributed by atoms with Crippen molar-refractivity contribution >= 4 is 17.7 Å². The van der Waals surface area contributed by atoms with Crippen LogP contribution in [0, 0.1) is 0 Å². The number of hydrogen-bond acceptors (Lipinski definition) is 6. The summed E-state index contributed by atoms with van der Waals surface area (Å²) in [5.74, 6) is -1.59. The number of hydrogen-bond donors (Lipinski definition) is 1. The Morgan fingerprint density at radius 2 is 1.10 bits per heavy atom. The molecule has 0 aromatic rings. The lowest BCUT2D eigenvalue weighted by atomic mass is 10.0. The van der Waals surface area contributed by atoms with Crippen molar-refractivity contribution < 1.29 is 29.0 Å². The van der Waals surface area contributed by atoms with Gasteiger partial charge in [-0.2, -0.15) is 0 Å². The molecule has 1 N–H and O–H groups in total. The lowest BCUT2D eigenvalue weighted by molar-refractivity contribution is -0.172. The van der Waals surface area contributed by atoms with Gasteiger partial charge in [0.05, 0.1) is 6.61 Å². The number of carbonyl (C=O) groups excluding carboxylic acids is 3. The van der Waals surface area contributed by atoms with Crippen molar-refractivity contribution in [3.8, 4) is 0 Å². The fraction of sp³-hybridized carbons (Fsp3) is 0.870. The van der Waals surface area contributed by atoms with Gasteiger partial charge in [-0.25, -0.2) is 0 Å². The normalized spacial score (nSPS) is 13.0. The molecule has 0 aromatic heterocycles. The molecule has 2 atom stereocenters. The number of ketones is 1. The zero-order chi connectivity index (χ0) is 21.9. The van der Waals surface area contributed by atoms with Crippen molar-refractivity contribution in [2.24, 2.45) is 0 Å². The predicted octanol–water partition coefficient (Wildman–Crippen LogP) is 4.89. The maximum atomic E-state index is 12.4. The van der Waals surface area contributed by atoms with Gasteiger partial charge in [0.1, 0.15) is 0 Å². The largest absolute Gasteiger partial charge is 0.456 e. The Balaban J connectivity index is 3.90. The van der Waals surface area contributed by atoms with Crippen LogP contribution in [0.25, 0.3) is 0 Å². The summed E-state index contributed by atoms with van der Waals surface area (Å²) in [4.78, 5) is 34.8. The van der Waals surface area contributed by atoms with E-state index in [0.717, 1.165) is 12.8 Å². The maximum absolute atomic E-state index is 12.4. The van der Waals surface area contributed by atoms with Gasteiger partial charge >= 0.3 is 11.9 Å². The third kappa shape index (κ3) is 16.1. The van der Waals surface area contributed by atoms with Crippen LogP contribution in [-0.2, 0) is 23.9 Å². The molecule has 0 heterocycles. The van der Waals surface area contributed by atoms with Crippen molar-refractivity contribution in [3.05, 3.63) is 0 Å². The minimum Gasteiger partial charge on any atom is -0.456 e. The Labute approximate surface area is 176 Å². The van der Waals surface area contributed by atoms with Crippen LogP contribution < -0.4 is 0 Å². The summed E-state index contributed by atoms with van der Waals surface area (Å²) in [6.45, 7) is 4.04. The molecular weight excluding hydrogens is 372 g/mol. The summed E-state index contributed by atoms with van der Waals surface area (Å²) < 4.78 is 9.92. The molecule has 0 saturated carbocycles. The first kappa shape index (κ1) is 27.6. The summed E-state index contributed by atoms with van der Waals surface area (Å²) in [6, 6.07) is 0. The summed E-state index contributed by atoms with van der Waals surface area (Å²) in [5, 5.41) is 9.37. The molecule has 0 radical (unpaired) electrons. The van der Waals surface area contributed by atoms with Gasteiger partial charge in [-0.15, -0.1) is 0 Å². The minimum absolute atomic E-state index is 0.244. The molecule has 0 spiro atoms. The second-order valence-electron chi connectivity index (χ2n) is 7.82. The first-order chi connectivity index (χ1) is 13.9. The average molecular weight is 415 g/mol. The van der Waals surface area contributed by atoms with E-state index in [1.165, 1.54) is 78.1 Å². The van der Waals surface area contributed by atoms with Gasteiger partial charge in [-0.1, -0.05) is 84.0 Å². The zero-order valence-corrected chi connectivity index (χ0v) is 18.7. The monoisotopic (exact) mass is 414 g/mol. The highest BCUT2D eigenvalue weighted by atomic mass is 16.6. The van der Waals surface area contributed by atoms with Gasteiger partial charge in [0.25, 0.3) is 0 Å². The van der Waals surface area contributed by atoms with Crippen LogP contribution in [0.2, 0.25) is 0 Å². The van der Waals surface area contributed by atoms with Gasteiger partial charge < -0.3 is 14.6 Å².